The number of furan rings is 1. The van der Waals surface area contributed by atoms with Crippen molar-refractivity contribution in [3.05, 3.63) is 23.7 Å². The predicted octanol–water partition coefficient (Wildman–Crippen LogP) is -0.0680. The Labute approximate surface area is 112 Å². The van der Waals surface area contributed by atoms with Crippen LogP contribution in [0.25, 0.3) is 0 Å². The van der Waals surface area contributed by atoms with Crippen molar-refractivity contribution in [1.29, 1.82) is 0 Å². The van der Waals surface area contributed by atoms with Gasteiger partial charge in [-0.3, -0.25) is 9.45 Å². The topological polar surface area (TPSA) is 138 Å². The van der Waals surface area contributed by atoms with Crippen LogP contribution in [0.3, 0.4) is 0 Å². The third-order valence-electron chi connectivity index (χ3n) is 3.14. The minimum absolute atomic E-state index is 0.0311. The highest BCUT2D eigenvalue weighted by molar-refractivity contribution is 7.80. The summed E-state index contributed by atoms with van der Waals surface area (Å²) >= 11 is 0. The summed E-state index contributed by atoms with van der Waals surface area (Å²) in [6.45, 7) is -0.0855. The molecule has 2 unspecified atom stereocenters. The van der Waals surface area contributed by atoms with Crippen LogP contribution in [0.5, 0.6) is 0 Å². The highest BCUT2D eigenvalue weighted by Crippen LogP contribution is 2.44. The summed E-state index contributed by atoms with van der Waals surface area (Å²) in [7, 11) is -4.90. The van der Waals surface area contributed by atoms with E-state index in [-0.39, 0.29) is 12.3 Å². The van der Waals surface area contributed by atoms with Crippen LogP contribution in [0.15, 0.2) is 16.7 Å². The van der Waals surface area contributed by atoms with Gasteiger partial charge in [-0.1, -0.05) is 0 Å². The van der Waals surface area contributed by atoms with Crippen molar-refractivity contribution in [2.75, 3.05) is 6.54 Å². The molecule has 10 nitrogen and oxygen atoms in total. The van der Waals surface area contributed by atoms with Gasteiger partial charge in [0.2, 0.25) is 0 Å². The van der Waals surface area contributed by atoms with Crippen molar-refractivity contribution in [2.45, 2.75) is 12.1 Å². The minimum Gasteiger partial charge on any atom is -0.479 e. The fraction of sp³-hybridized carbons (Fsp3) is 0.333. The second kappa shape index (κ2) is 3.94. The molecule has 2 aliphatic heterocycles. The number of carboxylic acid groups (broad SMARTS) is 1. The lowest BCUT2D eigenvalue weighted by atomic mass is 9.99. The molecule has 20 heavy (non-hydrogen) atoms. The van der Waals surface area contributed by atoms with Crippen molar-refractivity contribution >= 4 is 22.4 Å². The number of carboxylic acids is 1. The quantitative estimate of drug-likeness (QED) is 0.740. The maximum absolute atomic E-state index is 12.0. The van der Waals surface area contributed by atoms with Gasteiger partial charge in [0.05, 0.1) is 12.8 Å². The molecule has 2 atom stereocenters. The van der Waals surface area contributed by atoms with Crippen LogP contribution in [0.2, 0.25) is 0 Å². The van der Waals surface area contributed by atoms with Crippen molar-refractivity contribution in [2.24, 2.45) is 0 Å². The molecule has 0 aliphatic carbocycles. The Kier molecular flexibility index (Phi) is 2.54. The van der Waals surface area contributed by atoms with E-state index >= 15 is 0 Å². The Morgan fingerprint density at radius 1 is 1.50 bits per heavy atom. The highest BCUT2D eigenvalue weighted by Gasteiger charge is 2.53. The summed E-state index contributed by atoms with van der Waals surface area (Å²) in [5, 5.41) is 9.60. The lowest BCUT2D eigenvalue weighted by Gasteiger charge is -2.25. The molecule has 3 rings (SSSR count). The van der Waals surface area contributed by atoms with E-state index in [9.17, 15) is 23.1 Å². The molecule has 1 aromatic heterocycles. The molecular formula is C9H8N2O8S. The van der Waals surface area contributed by atoms with E-state index in [4.69, 9.17) is 8.97 Å². The van der Waals surface area contributed by atoms with E-state index in [2.05, 4.69) is 4.28 Å². The summed E-state index contributed by atoms with van der Waals surface area (Å²) < 4.78 is 39.5. The Morgan fingerprint density at radius 3 is 2.80 bits per heavy atom. The van der Waals surface area contributed by atoms with Crippen LogP contribution in [0, 0.1) is 0 Å². The Balaban J connectivity index is 2.07. The fourth-order valence-electron chi connectivity index (χ4n) is 2.44. The molecule has 2 bridgehead atoms. The van der Waals surface area contributed by atoms with Crippen LogP contribution in [0.4, 0.5) is 4.79 Å². The third kappa shape index (κ3) is 1.75. The van der Waals surface area contributed by atoms with Crippen molar-refractivity contribution in [3.8, 4) is 0 Å². The van der Waals surface area contributed by atoms with Crippen LogP contribution in [0.1, 0.15) is 23.4 Å². The van der Waals surface area contributed by atoms with Crippen molar-refractivity contribution in [3.63, 3.8) is 0 Å². The van der Waals surface area contributed by atoms with E-state index < -0.39 is 34.5 Å². The fourth-order valence-corrected chi connectivity index (χ4v) is 2.81. The smallest absolute Gasteiger partial charge is 0.418 e. The zero-order valence-electron chi connectivity index (χ0n) is 9.66. The number of carbonyl (C=O) groups excluding carboxylic acids is 1. The summed E-state index contributed by atoms with van der Waals surface area (Å²) in [6.07, 6.45) is 1.23. The number of amides is 2. The zero-order chi connectivity index (χ0) is 14.7. The second-order valence-electron chi connectivity index (χ2n) is 4.26. The number of nitrogens with zero attached hydrogens (tertiary/aromatic N) is 2. The highest BCUT2D eigenvalue weighted by atomic mass is 32.3. The lowest BCUT2D eigenvalue weighted by molar-refractivity contribution is -0.143. The Morgan fingerprint density at radius 2 is 2.20 bits per heavy atom. The normalized spacial score (nSPS) is 24.9. The maximum Gasteiger partial charge on any atom is 0.418 e. The SMILES string of the molecule is O=C(O)C1c2occc2C2CN1C(=O)N2OS(=O)(=O)O. The number of carbonyl (C=O) groups is 2. The first-order valence-corrected chi connectivity index (χ1v) is 6.73. The third-order valence-corrected chi connectivity index (χ3v) is 3.49. The molecule has 2 aliphatic rings. The van der Waals surface area contributed by atoms with Gasteiger partial charge in [-0.05, 0) is 6.07 Å². The number of aliphatic carboxylic acids is 1. The molecule has 108 valence electrons. The molecule has 0 spiro atoms. The van der Waals surface area contributed by atoms with Crippen molar-refractivity contribution < 1.29 is 36.4 Å². The van der Waals surface area contributed by atoms with Gasteiger partial charge in [0.1, 0.15) is 11.8 Å². The molecule has 1 fully saturated rings. The number of hydrogen-bond acceptors (Lipinski definition) is 6. The minimum atomic E-state index is -4.90. The standard InChI is InChI=1S/C9H8N2O8S/c12-8(13)6-7-4(1-2-18-7)5-3-10(6)9(14)11(5)19-20(15,16)17/h1-2,5-6H,3H2,(H,12,13)(H,15,16,17). The van der Waals surface area contributed by atoms with Gasteiger partial charge in [0.25, 0.3) is 0 Å². The second-order valence-corrected chi connectivity index (χ2v) is 5.26. The number of rotatable bonds is 3. The van der Waals surface area contributed by atoms with E-state index in [1.807, 2.05) is 0 Å². The molecule has 11 heteroatoms. The summed E-state index contributed by atoms with van der Waals surface area (Å²) in [5.74, 6) is -1.29. The first-order valence-electron chi connectivity index (χ1n) is 5.36. The number of hydrogen-bond donors (Lipinski definition) is 2. The largest absolute Gasteiger partial charge is 0.479 e. The van der Waals surface area contributed by atoms with E-state index in [0.717, 1.165) is 4.90 Å². The molecule has 2 amide bonds. The van der Waals surface area contributed by atoms with Crippen LogP contribution in [-0.2, 0) is 19.5 Å². The molecule has 1 aromatic rings. The molecule has 3 heterocycles. The molecule has 2 N–H and O–H groups in total. The van der Waals surface area contributed by atoms with Gasteiger partial charge in [-0.25, -0.2) is 9.59 Å². The zero-order valence-corrected chi connectivity index (χ0v) is 10.5. The summed E-state index contributed by atoms with van der Waals surface area (Å²) in [4.78, 5) is 24.1. The van der Waals surface area contributed by atoms with E-state index in [1.165, 1.54) is 12.3 Å². The monoisotopic (exact) mass is 304 g/mol. The van der Waals surface area contributed by atoms with Crippen LogP contribution in [-0.4, -0.2) is 46.6 Å². The van der Waals surface area contributed by atoms with Crippen LogP contribution >= 0.6 is 0 Å². The van der Waals surface area contributed by atoms with Gasteiger partial charge in [-0.2, -0.15) is 13.5 Å². The molecule has 1 saturated heterocycles. The van der Waals surface area contributed by atoms with E-state index in [1.54, 1.807) is 0 Å². The Bertz CT molecular complexity index is 695. The number of hydroxylamine groups is 2. The van der Waals surface area contributed by atoms with Gasteiger partial charge in [0.15, 0.2) is 6.04 Å². The van der Waals surface area contributed by atoms with Gasteiger partial charge in [-0.15, -0.1) is 4.28 Å². The molecule has 0 radical (unpaired) electrons. The predicted molar refractivity (Wildman–Crippen MR) is 58.4 cm³/mol. The van der Waals surface area contributed by atoms with Crippen molar-refractivity contribution in [1.82, 2.24) is 9.96 Å². The average molecular weight is 304 g/mol. The first-order chi connectivity index (χ1) is 9.29. The molecule has 0 aromatic carbocycles. The van der Waals surface area contributed by atoms with Crippen LogP contribution < -0.4 is 0 Å². The van der Waals surface area contributed by atoms with E-state index in [0.29, 0.717) is 10.6 Å². The summed E-state index contributed by atoms with van der Waals surface area (Å²) in [6, 6.07) is -1.79. The first kappa shape index (κ1) is 12.9. The number of urea groups is 1. The van der Waals surface area contributed by atoms with Gasteiger partial charge in [0, 0.05) is 5.56 Å². The van der Waals surface area contributed by atoms with Gasteiger partial charge < -0.3 is 9.52 Å². The average Bonchev–Trinajstić information content (AvgIpc) is 2.88. The Hall–Kier alpha value is -2.11. The molecular weight excluding hydrogens is 296 g/mol. The molecule has 0 saturated carbocycles. The maximum atomic E-state index is 12.0. The summed E-state index contributed by atoms with van der Waals surface area (Å²) in [5.41, 5.74) is 0.322. The van der Waals surface area contributed by atoms with Gasteiger partial charge >= 0.3 is 22.4 Å². The lowest BCUT2D eigenvalue weighted by Crippen LogP contribution is -2.38. The number of fused-ring (bicyclic) bond motifs is 4.